The van der Waals surface area contributed by atoms with E-state index in [0.717, 1.165) is 45.5 Å². The highest BCUT2D eigenvalue weighted by atomic mass is 127. The van der Waals surface area contributed by atoms with Gasteiger partial charge in [0.15, 0.2) is 0 Å². The molecule has 0 rings (SSSR count). The largest absolute Gasteiger partial charge is 0.394 e. The molecule has 0 saturated carbocycles. The van der Waals surface area contributed by atoms with E-state index in [9.17, 15) is 10.2 Å². The Morgan fingerprint density at radius 2 is 1.58 bits per heavy atom. The van der Waals surface area contributed by atoms with Gasteiger partial charge in [0.25, 0.3) is 0 Å². The van der Waals surface area contributed by atoms with Gasteiger partial charge in [-0.15, -0.1) is 0 Å². The Balaban J connectivity index is 4.24. The smallest absolute Gasteiger partial charge is 0.0780 e. The molecule has 1 unspecified atom stereocenters. The first-order valence-corrected chi connectivity index (χ1v) is 11.0. The minimum atomic E-state index is -0.633. The lowest BCUT2D eigenvalue weighted by Gasteiger charge is -2.26. The predicted octanol–water partition coefficient (Wildman–Crippen LogP) is 1.20. The van der Waals surface area contributed by atoms with E-state index in [1.807, 2.05) is 0 Å². The minimum Gasteiger partial charge on any atom is -0.394 e. The van der Waals surface area contributed by atoms with E-state index in [1.54, 1.807) is 7.11 Å². The van der Waals surface area contributed by atoms with Crippen molar-refractivity contribution in [1.29, 1.82) is 0 Å². The summed E-state index contributed by atoms with van der Waals surface area (Å²) in [5.41, 5.74) is 0. The van der Waals surface area contributed by atoms with Crippen LogP contribution in [0.25, 0.3) is 0 Å². The standard InChI is InChI=1S/C16H33I2NO5/c1-24-8-2-6-19(7-5-13(17)9-16(23)12-21)10-14(18)3-4-15(22)11-20/h13-16,20-23H,2-12H2,1H3/t13-,14-,15?,16+/m1/s1. The van der Waals surface area contributed by atoms with Gasteiger partial charge < -0.3 is 30.1 Å². The first kappa shape index (κ1) is 25.2. The molecule has 0 heterocycles. The van der Waals surface area contributed by atoms with Crippen molar-refractivity contribution in [3.8, 4) is 0 Å². The zero-order chi connectivity index (χ0) is 18.4. The normalized spacial score (nSPS) is 17.0. The van der Waals surface area contributed by atoms with E-state index in [4.69, 9.17) is 14.9 Å². The third-order valence-corrected chi connectivity index (χ3v) is 5.95. The summed E-state index contributed by atoms with van der Waals surface area (Å²) in [5.74, 6) is 0. The molecule has 4 N–H and O–H groups in total. The van der Waals surface area contributed by atoms with Crippen molar-refractivity contribution >= 4 is 45.2 Å². The number of halogens is 2. The van der Waals surface area contributed by atoms with Crippen LogP contribution < -0.4 is 0 Å². The van der Waals surface area contributed by atoms with Gasteiger partial charge in [0.1, 0.15) is 0 Å². The molecular formula is C16H33I2NO5. The van der Waals surface area contributed by atoms with Crippen molar-refractivity contribution in [1.82, 2.24) is 4.90 Å². The summed E-state index contributed by atoms with van der Waals surface area (Å²) in [6.07, 6.45) is 2.79. The molecule has 0 aliphatic carbocycles. The van der Waals surface area contributed by atoms with Crippen molar-refractivity contribution in [3.05, 3.63) is 0 Å². The third-order valence-electron chi connectivity index (χ3n) is 3.80. The summed E-state index contributed by atoms with van der Waals surface area (Å²) in [7, 11) is 1.71. The highest BCUT2D eigenvalue weighted by molar-refractivity contribution is 14.1. The van der Waals surface area contributed by atoms with Crippen LogP contribution in [0.15, 0.2) is 0 Å². The molecule has 0 aliphatic heterocycles. The van der Waals surface area contributed by atoms with E-state index in [-0.39, 0.29) is 13.2 Å². The van der Waals surface area contributed by atoms with Crippen LogP contribution in [0.5, 0.6) is 0 Å². The van der Waals surface area contributed by atoms with Gasteiger partial charge in [-0.05, 0) is 38.6 Å². The third kappa shape index (κ3) is 14.4. The summed E-state index contributed by atoms with van der Waals surface area (Å²) in [6.45, 7) is 3.22. The molecule has 6 nitrogen and oxygen atoms in total. The molecule has 0 fully saturated rings. The fourth-order valence-electron chi connectivity index (χ4n) is 2.37. The number of nitrogens with zero attached hydrogens (tertiary/aromatic N) is 1. The molecule has 0 aromatic heterocycles. The van der Waals surface area contributed by atoms with Gasteiger partial charge in [0, 0.05) is 34.7 Å². The molecule has 0 saturated heterocycles. The Morgan fingerprint density at radius 1 is 0.917 bits per heavy atom. The minimum absolute atomic E-state index is 0.176. The number of rotatable bonds is 16. The van der Waals surface area contributed by atoms with Crippen molar-refractivity contribution < 1.29 is 25.2 Å². The zero-order valence-electron chi connectivity index (χ0n) is 14.5. The fourth-order valence-corrected chi connectivity index (χ4v) is 4.16. The molecule has 24 heavy (non-hydrogen) atoms. The molecular weight excluding hydrogens is 540 g/mol. The molecule has 0 spiro atoms. The molecule has 0 amide bonds. The van der Waals surface area contributed by atoms with Gasteiger partial charge in [-0.1, -0.05) is 45.2 Å². The highest BCUT2D eigenvalue weighted by Crippen LogP contribution is 2.17. The predicted molar refractivity (Wildman–Crippen MR) is 113 cm³/mol. The molecule has 4 atom stereocenters. The topological polar surface area (TPSA) is 93.4 Å². The monoisotopic (exact) mass is 573 g/mol. The van der Waals surface area contributed by atoms with Crippen LogP contribution >= 0.6 is 45.2 Å². The summed E-state index contributed by atoms with van der Waals surface area (Å²) >= 11 is 4.75. The van der Waals surface area contributed by atoms with Crippen LogP contribution in [0.1, 0.15) is 32.1 Å². The number of ether oxygens (including phenoxy) is 1. The summed E-state index contributed by atoms with van der Waals surface area (Å²) < 4.78 is 5.88. The van der Waals surface area contributed by atoms with Crippen LogP contribution in [0, 0.1) is 0 Å². The molecule has 146 valence electrons. The Bertz CT molecular complexity index is 289. The second-order valence-corrected chi connectivity index (χ2v) is 9.64. The number of methoxy groups -OCH3 is 1. The second kappa shape index (κ2) is 16.4. The van der Waals surface area contributed by atoms with E-state index in [0.29, 0.717) is 20.7 Å². The van der Waals surface area contributed by atoms with E-state index < -0.39 is 12.2 Å². The number of alkyl halides is 2. The van der Waals surface area contributed by atoms with Crippen LogP contribution in [0.4, 0.5) is 0 Å². The molecule has 0 aromatic carbocycles. The van der Waals surface area contributed by atoms with Crippen molar-refractivity contribution in [3.63, 3.8) is 0 Å². The number of hydrogen-bond acceptors (Lipinski definition) is 6. The van der Waals surface area contributed by atoms with E-state index in [2.05, 4.69) is 50.1 Å². The maximum absolute atomic E-state index is 9.53. The lowest BCUT2D eigenvalue weighted by Crippen LogP contribution is -2.34. The first-order valence-electron chi connectivity index (χ1n) is 8.50. The highest BCUT2D eigenvalue weighted by Gasteiger charge is 2.16. The number of aliphatic hydroxyl groups is 4. The van der Waals surface area contributed by atoms with Gasteiger partial charge in [0.05, 0.1) is 25.4 Å². The van der Waals surface area contributed by atoms with Crippen LogP contribution in [-0.4, -0.2) is 91.9 Å². The Labute approximate surface area is 173 Å². The quantitative estimate of drug-likeness (QED) is 0.126. The van der Waals surface area contributed by atoms with Crippen LogP contribution in [-0.2, 0) is 4.74 Å². The molecule has 8 heteroatoms. The zero-order valence-corrected chi connectivity index (χ0v) is 18.8. The number of hydrogen-bond donors (Lipinski definition) is 4. The fraction of sp³-hybridized carbons (Fsp3) is 1.00. The Hall–Kier alpha value is 1.22. The van der Waals surface area contributed by atoms with Crippen molar-refractivity contribution in [2.24, 2.45) is 0 Å². The maximum atomic E-state index is 9.53. The summed E-state index contributed by atoms with van der Waals surface area (Å²) in [5, 5.41) is 36.8. The van der Waals surface area contributed by atoms with Gasteiger partial charge in [-0.3, -0.25) is 0 Å². The molecule has 0 bridgehead atoms. The molecule has 0 aliphatic rings. The summed E-state index contributed by atoms with van der Waals surface area (Å²) in [4.78, 5) is 2.40. The number of aliphatic hydroxyl groups excluding tert-OH is 4. The SMILES string of the molecule is COCCCN(CC[C@@H](I)C[C@H](O)CO)C[C@H](I)CCC(O)CO. The average molecular weight is 573 g/mol. The van der Waals surface area contributed by atoms with Gasteiger partial charge in [0.2, 0.25) is 0 Å². The van der Waals surface area contributed by atoms with Gasteiger partial charge in [-0.25, -0.2) is 0 Å². The lowest BCUT2D eigenvalue weighted by atomic mass is 10.1. The van der Waals surface area contributed by atoms with E-state index >= 15 is 0 Å². The van der Waals surface area contributed by atoms with Crippen LogP contribution in [0.3, 0.4) is 0 Å². The Kier molecular flexibility index (Phi) is 17.2. The van der Waals surface area contributed by atoms with Crippen molar-refractivity contribution in [2.75, 3.05) is 46.6 Å². The van der Waals surface area contributed by atoms with Gasteiger partial charge in [-0.2, -0.15) is 0 Å². The average Bonchev–Trinajstić information content (AvgIpc) is 2.57. The van der Waals surface area contributed by atoms with Crippen molar-refractivity contribution in [2.45, 2.75) is 52.2 Å². The second-order valence-electron chi connectivity index (χ2n) is 6.12. The Morgan fingerprint density at radius 3 is 2.17 bits per heavy atom. The van der Waals surface area contributed by atoms with Crippen LogP contribution in [0.2, 0.25) is 0 Å². The molecule has 0 aromatic rings. The lowest BCUT2D eigenvalue weighted by molar-refractivity contribution is 0.0852. The van der Waals surface area contributed by atoms with E-state index in [1.165, 1.54) is 0 Å². The molecule has 0 radical (unpaired) electrons. The maximum Gasteiger partial charge on any atom is 0.0780 e. The summed E-state index contributed by atoms with van der Waals surface area (Å²) in [6, 6.07) is 0. The first-order chi connectivity index (χ1) is 11.4. The van der Waals surface area contributed by atoms with Gasteiger partial charge >= 0.3 is 0 Å².